The van der Waals surface area contributed by atoms with Gasteiger partial charge in [-0.05, 0) is 70.4 Å². The Morgan fingerprint density at radius 3 is 2.34 bits per heavy atom. The quantitative estimate of drug-likeness (QED) is 0.460. The second kappa shape index (κ2) is 10.0. The molecule has 1 aromatic heterocycles. The highest BCUT2D eigenvalue weighted by atomic mass is 16.6. The van der Waals surface area contributed by atoms with E-state index in [1.165, 1.54) is 0 Å². The molecule has 0 spiro atoms. The van der Waals surface area contributed by atoms with Crippen molar-refractivity contribution in [3.8, 4) is 17.2 Å². The molecule has 1 N–H and O–H groups in total. The third-order valence-electron chi connectivity index (χ3n) is 5.18. The number of carbonyl (C=O) groups is 1. The summed E-state index contributed by atoms with van der Waals surface area (Å²) in [7, 11) is 0. The Morgan fingerprint density at radius 1 is 1.06 bits per heavy atom. The SMILES string of the molecule is CCOC(=O)C(C)(C)Oc1c(C)cc(CNCc2nc(-c3ccccc3)oc2C)cc1C. The van der Waals surface area contributed by atoms with Crippen molar-refractivity contribution in [3.63, 3.8) is 0 Å². The van der Waals surface area contributed by atoms with E-state index in [0.29, 0.717) is 31.3 Å². The summed E-state index contributed by atoms with van der Waals surface area (Å²) < 4.78 is 17.0. The highest BCUT2D eigenvalue weighted by Crippen LogP contribution is 2.29. The van der Waals surface area contributed by atoms with Crippen LogP contribution in [-0.2, 0) is 22.6 Å². The highest BCUT2D eigenvalue weighted by molar-refractivity contribution is 5.79. The van der Waals surface area contributed by atoms with Gasteiger partial charge in [-0.25, -0.2) is 9.78 Å². The minimum Gasteiger partial charge on any atom is -0.476 e. The number of carbonyl (C=O) groups excluding carboxylic acids is 1. The van der Waals surface area contributed by atoms with Gasteiger partial charge in [0.15, 0.2) is 5.60 Å². The number of esters is 1. The van der Waals surface area contributed by atoms with Gasteiger partial charge in [-0.2, -0.15) is 0 Å². The van der Waals surface area contributed by atoms with E-state index in [0.717, 1.165) is 33.7 Å². The van der Waals surface area contributed by atoms with Gasteiger partial charge in [-0.15, -0.1) is 0 Å². The van der Waals surface area contributed by atoms with Crippen LogP contribution in [0.4, 0.5) is 0 Å². The van der Waals surface area contributed by atoms with Crippen LogP contribution in [0.15, 0.2) is 46.9 Å². The Kier molecular flexibility index (Phi) is 7.36. The highest BCUT2D eigenvalue weighted by Gasteiger charge is 2.32. The molecule has 0 saturated heterocycles. The Balaban J connectivity index is 1.64. The molecule has 1 heterocycles. The van der Waals surface area contributed by atoms with Gasteiger partial charge in [0.25, 0.3) is 0 Å². The largest absolute Gasteiger partial charge is 0.476 e. The zero-order valence-corrected chi connectivity index (χ0v) is 19.7. The lowest BCUT2D eigenvalue weighted by Crippen LogP contribution is -2.40. The second-order valence-corrected chi connectivity index (χ2v) is 8.38. The fourth-order valence-corrected chi connectivity index (χ4v) is 3.53. The molecule has 0 aliphatic carbocycles. The summed E-state index contributed by atoms with van der Waals surface area (Å²) in [4.78, 5) is 16.8. The molecular formula is C26H32N2O4. The van der Waals surface area contributed by atoms with E-state index in [-0.39, 0.29) is 5.97 Å². The average Bonchev–Trinajstić information content (AvgIpc) is 3.12. The van der Waals surface area contributed by atoms with Gasteiger partial charge in [0, 0.05) is 18.7 Å². The molecule has 0 aliphatic rings. The first-order chi connectivity index (χ1) is 15.2. The molecule has 0 atom stereocenters. The van der Waals surface area contributed by atoms with Crippen molar-refractivity contribution in [2.75, 3.05) is 6.61 Å². The summed E-state index contributed by atoms with van der Waals surface area (Å²) in [5.74, 6) is 1.79. The molecule has 3 rings (SSSR count). The molecule has 0 amide bonds. The smallest absolute Gasteiger partial charge is 0.349 e. The van der Waals surface area contributed by atoms with Crippen molar-refractivity contribution < 1.29 is 18.7 Å². The number of benzene rings is 2. The number of rotatable bonds is 9. The molecule has 6 nitrogen and oxygen atoms in total. The number of nitrogens with zero attached hydrogens (tertiary/aromatic N) is 1. The Hall–Kier alpha value is -3.12. The van der Waals surface area contributed by atoms with Gasteiger partial charge in [0.1, 0.15) is 11.5 Å². The number of oxazole rings is 1. The van der Waals surface area contributed by atoms with Gasteiger partial charge in [-0.3, -0.25) is 0 Å². The molecule has 0 saturated carbocycles. The van der Waals surface area contributed by atoms with Crippen LogP contribution in [-0.4, -0.2) is 23.2 Å². The van der Waals surface area contributed by atoms with Crippen LogP contribution in [0.1, 0.15) is 48.9 Å². The maximum atomic E-state index is 12.2. The molecule has 0 radical (unpaired) electrons. The first-order valence-electron chi connectivity index (χ1n) is 10.9. The summed E-state index contributed by atoms with van der Waals surface area (Å²) in [6, 6.07) is 14.0. The molecule has 2 aromatic carbocycles. The zero-order chi connectivity index (χ0) is 23.3. The summed E-state index contributed by atoms with van der Waals surface area (Å²) >= 11 is 0. The Morgan fingerprint density at radius 2 is 1.72 bits per heavy atom. The van der Waals surface area contributed by atoms with Gasteiger partial charge < -0.3 is 19.2 Å². The fourth-order valence-electron chi connectivity index (χ4n) is 3.53. The minimum absolute atomic E-state index is 0.325. The number of ether oxygens (including phenoxy) is 2. The monoisotopic (exact) mass is 436 g/mol. The van der Waals surface area contributed by atoms with E-state index >= 15 is 0 Å². The van der Waals surface area contributed by atoms with Crippen LogP contribution in [0, 0.1) is 20.8 Å². The number of hydrogen-bond donors (Lipinski definition) is 1. The Labute approximate surface area is 190 Å². The summed E-state index contributed by atoms with van der Waals surface area (Å²) in [5.41, 5.74) is 3.89. The van der Waals surface area contributed by atoms with Crippen LogP contribution >= 0.6 is 0 Å². The first-order valence-corrected chi connectivity index (χ1v) is 10.9. The van der Waals surface area contributed by atoms with Crippen molar-refractivity contribution in [3.05, 3.63) is 70.6 Å². The third kappa shape index (κ3) is 5.56. The third-order valence-corrected chi connectivity index (χ3v) is 5.18. The minimum atomic E-state index is -1.05. The second-order valence-electron chi connectivity index (χ2n) is 8.38. The van der Waals surface area contributed by atoms with Crippen LogP contribution < -0.4 is 10.1 Å². The normalized spacial score (nSPS) is 11.4. The van der Waals surface area contributed by atoms with Gasteiger partial charge in [0.2, 0.25) is 5.89 Å². The lowest BCUT2D eigenvalue weighted by molar-refractivity contribution is -0.158. The number of hydrogen-bond acceptors (Lipinski definition) is 6. The molecule has 0 aliphatic heterocycles. The number of aromatic nitrogens is 1. The molecule has 3 aromatic rings. The zero-order valence-electron chi connectivity index (χ0n) is 19.7. The molecule has 0 unspecified atom stereocenters. The Bertz CT molecular complexity index is 1050. The van der Waals surface area contributed by atoms with Crippen molar-refractivity contribution >= 4 is 5.97 Å². The average molecular weight is 437 g/mol. The van der Waals surface area contributed by atoms with E-state index < -0.39 is 5.60 Å². The number of nitrogens with one attached hydrogen (secondary N) is 1. The first kappa shape index (κ1) is 23.5. The molecule has 170 valence electrons. The maximum absolute atomic E-state index is 12.2. The van der Waals surface area contributed by atoms with Crippen molar-refractivity contribution in [2.24, 2.45) is 0 Å². The fraction of sp³-hybridized carbons (Fsp3) is 0.385. The van der Waals surface area contributed by atoms with E-state index in [9.17, 15) is 4.79 Å². The van der Waals surface area contributed by atoms with Crippen LogP contribution in [0.25, 0.3) is 11.5 Å². The van der Waals surface area contributed by atoms with Crippen molar-refractivity contribution in [2.45, 2.75) is 60.2 Å². The van der Waals surface area contributed by atoms with Crippen LogP contribution in [0.3, 0.4) is 0 Å². The lowest BCUT2D eigenvalue weighted by atomic mass is 10.0. The number of aryl methyl sites for hydroxylation is 3. The maximum Gasteiger partial charge on any atom is 0.349 e. The summed E-state index contributed by atoms with van der Waals surface area (Å²) in [6.45, 7) is 12.8. The van der Waals surface area contributed by atoms with E-state index in [2.05, 4.69) is 22.4 Å². The topological polar surface area (TPSA) is 73.6 Å². The molecule has 32 heavy (non-hydrogen) atoms. The predicted octanol–water partition coefficient (Wildman–Crippen LogP) is 5.28. The van der Waals surface area contributed by atoms with Crippen molar-refractivity contribution in [1.82, 2.24) is 10.3 Å². The predicted molar refractivity (Wildman–Crippen MR) is 124 cm³/mol. The van der Waals surface area contributed by atoms with Gasteiger partial charge in [-0.1, -0.05) is 30.3 Å². The van der Waals surface area contributed by atoms with E-state index in [4.69, 9.17) is 13.9 Å². The van der Waals surface area contributed by atoms with Gasteiger partial charge in [0.05, 0.1) is 12.3 Å². The molecule has 0 bridgehead atoms. The van der Waals surface area contributed by atoms with Crippen molar-refractivity contribution in [1.29, 1.82) is 0 Å². The molecular weight excluding hydrogens is 404 g/mol. The van der Waals surface area contributed by atoms with E-state index in [1.807, 2.05) is 51.1 Å². The summed E-state index contributed by atoms with van der Waals surface area (Å²) in [6.07, 6.45) is 0. The molecule has 6 heteroatoms. The van der Waals surface area contributed by atoms with Crippen LogP contribution in [0.5, 0.6) is 5.75 Å². The standard InChI is InChI=1S/C26H32N2O4/c1-7-30-25(29)26(5,6)32-23-17(2)13-20(14-18(23)3)15-27-16-22-19(4)31-24(28-22)21-11-9-8-10-12-21/h8-14,27H,7,15-16H2,1-6H3. The summed E-state index contributed by atoms with van der Waals surface area (Å²) in [5, 5.41) is 3.44. The van der Waals surface area contributed by atoms with Gasteiger partial charge >= 0.3 is 5.97 Å². The molecule has 0 fully saturated rings. The van der Waals surface area contributed by atoms with E-state index in [1.54, 1.807) is 20.8 Å². The van der Waals surface area contributed by atoms with Crippen LogP contribution in [0.2, 0.25) is 0 Å². The lowest BCUT2D eigenvalue weighted by Gasteiger charge is -2.26.